The summed E-state index contributed by atoms with van der Waals surface area (Å²) in [4.78, 5) is 15.2. The van der Waals surface area contributed by atoms with E-state index in [2.05, 4.69) is 41.5 Å². The number of carbonyl (C=O) groups excluding carboxylic acids is 1. The number of hydrogen-bond acceptors (Lipinski definition) is 3. The van der Waals surface area contributed by atoms with Gasteiger partial charge >= 0.3 is 0 Å². The molecule has 0 bridgehead atoms. The van der Waals surface area contributed by atoms with Gasteiger partial charge in [-0.15, -0.1) is 12.4 Å². The summed E-state index contributed by atoms with van der Waals surface area (Å²) < 4.78 is 5.76. The summed E-state index contributed by atoms with van der Waals surface area (Å²) in [7, 11) is 0. The Hall–Kier alpha value is -0.320. The Labute approximate surface area is 155 Å². The number of nitrogens with two attached hydrogens (primary N) is 1. The standard InChI is InChI=1S/C19H38N2O2.ClH/c1-8-23-16-13-19(20,18(16,6)7)17(22)21(11-9-14(2)3)12-10-15(4)5;/h14-16H,8-13,20H2,1-7H3;1H. The molecule has 0 aliphatic heterocycles. The predicted molar refractivity (Wildman–Crippen MR) is 103 cm³/mol. The quantitative estimate of drug-likeness (QED) is 0.677. The van der Waals surface area contributed by atoms with Crippen molar-refractivity contribution in [2.24, 2.45) is 23.0 Å². The van der Waals surface area contributed by atoms with Crippen molar-refractivity contribution in [1.29, 1.82) is 0 Å². The van der Waals surface area contributed by atoms with Crippen molar-refractivity contribution in [1.82, 2.24) is 4.90 Å². The van der Waals surface area contributed by atoms with E-state index in [-0.39, 0.29) is 29.8 Å². The Balaban J connectivity index is 0.00000529. The third-order valence-electron chi connectivity index (χ3n) is 5.45. The highest BCUT2D eigenvalue weighted by Crippen LogP contribution is 2.50. The Kier molecular flexibility index (Phi) is 9.27. The van der Waals surface area contributed by atoms with Gasteiger partial charge in [0.15, 0.2) is 0 Å². The summed E-state index contributed by atoms with van der Waals surface area (Å²) in [6, 6.07) is 0. The molecule has 1 saturated carbocycles. The summed E-state index contributed by atoms with van der Waals surface area (Å²) in [5, 5.41) is 0. The molecule has 4 nitrogen and oxygen atoms in total. The molecule has 1 amide bonds. The van der Waals surface area contributed by atoms with E-state index in [9.17, 15) is 4.79 Å². The number of halogens is 1. The summed E-state index contributed by atoms with van der Waals surface area (Å²) in [6.45, 7) is 17.2. The molecule has 2 unspecified atom stereocenters. The molecule has 1 rings (SSSR count). The van der Waals surface area contributed by atoms with Gasteiger partial charge in [-0.05, 0) is 31.6 Å². The Bertz CT molecular complexity index is 387. The Morgan fingerprint density at radius 2 is 1.62 bits per heavy atom. The van der Waals surface area contributed by atoms with Crippen LogP contribution in [0.5, 0.6) is 0 Å². The highest BCUT2D eigenvalue weighted by atomic mass is 35.5. The zero-order valence-electron chi connectivity index (χ0n) is 16.7. The van der Waals surface area contributed by atoms with Crippen LogP contribution < -0.4 is 5.73 Å². The molecule has 1 fully saturated rings. The van der Waals surface area contributed by atoms with Crippen molar-refractivity contribution in [3.05, 3.63) is 0 Å². The van der Waals surface area contributed by atoms with Crippen molar-refractivity contribution in [2.75, 3.05) is 19.7 Å². The van der Waals surface area contributed by atoms with Crippen LogP contribution in [0, 0.1) is 17.3 Å². The molecule has 1 aliphatic rings. The highest BCUT2D eigenvalue weighted by molar-refractivity contribution is 5.89. The molecule has 0 aromatic rings. The third-order valence-corrected chi connectivity index (χ3v) is 5.45. The van der Waals surface area contributed by atoms with E-state index in [0.717, 1.165) is 25.9 Å². The minimum atomic E-state index is -0.791. The summed E-state index contributed by atoms with van der Waals surface area (Å²) in [5.41, 5.74) is 5.48. The number of nitrogens with zero attached hydrogens (tertiary/aromatic N) is 1. The first-order valence-corrected chi connectivity index (χ1v) is 9.26. The van der Waals surface area contributed by atoms with Crippen molar-refractivity contribution in [2.45, 2.75) is 79.4 Å². The lowest BCUT2D eigenvalue weighted by molar-refractivity contribution is -0.179. The average molecular weight is 363 g/mol. The fraction of sp³-hybridized carbons (Fsp3) is 0.947. The van der Waals surface area contributed by atoms with Gasteiger partial charge in [-0.1, -0.05) is 41.5 Å². The monoisotopic (exact) mass is 362 g/mol. The van der Waals surface area contributed by atoms with Gasteiger partial charge in [0, 0.05) is 31.5 Å². The first kappa shape index (κ1) is 23.7. The SMILES string of the molecule is CCOC1CC(N)(C(=O)N(CCC(C)C)CCC(C)C)C1(C)C.Cl. The minimum absolute atomic E-state index is 0. The average Bonchev–Trinajstić information content (AvgIpc) is 2.45. The lowest BCUT2D eigenvalue weighted by Crippen LogP contribution is -2.76. The number of carbonyl (C=O) groups is 1. The van der Waals surface area contributed by atoms with Crippen molar-refractivity contribution in [3.8, 4) is 0 Å². The number of ether oxygens (including phenoxy) is 1. The molecule has 0 spiro atoms. The highest BCUT2D eigenvalue weighted by Gasteiger charge is 2.63. The van der Waals surface area contributed by atoms with Crippen LogP contribution in [0.15, 0.2) is 0 Å². The first-order chi connectivity index (χ1) is 10.6. The molecule has 1 aliphatic carbocycles. The van der Waals surface area contributed by atoms with Gasteiger partial charge in [-0.25, -0.2) is 0 Å². The van der Waals surface area contributed by atoms with Crippen molar-refractivity contribution < 1.29 is 9.53 Å². The maximum Gasteiger partial charge on any atom is 0.243 e. The van der Waals surface area contributed by atoms with E-state index in [1.165, 1.54) is 0 Å². The number of rotatable bonds is 9. The van der Waals surface area contributed by atoms with Gasteiger partial charge < -0.3 is 15.4 Å². The smallest absolute Gasteiger partial charge is 0.243 e. The fourth-order valence-corrected chi connectivity index (χ4v) is 3.22. The molecular formula is C19H39ClN2O2. The zero-order chi connectivity index (χ0) is 17.8. The maximum absolute atomic E-state index is 13.2. The zero-order valence-corrected chi connectivity index (χ0v) is 17.5. The van der Waals surface area contributed by atoms with Crippen LogP contribution in [0.2, 0.25) is 0 Å². The molecule has 24 heavy (non-hydrogen) atoms. The Morgan fingerprint density at radius 1 is 1.17 bits per heavy atom. The van der Waals surface area contributed by atoms with Gasteiger partial charge in [-0.3, -0.25) is 4.79 Å². The van der Waals surface area contributed by atoms with Gasteiger partial charge in [0.05, 0.1) is 6.10 Å². The van der Waals surface area contributed by atoms with E-state index in [4.69, 9.17) is 10.5 Å². The molecular weight excluding hydrogens is 324 g/mol. The molecule has 0 aromatic heterocycles. The van der Waals surface area contributed by atoms with Gasteiger partial charge in [0.1, 0.15) is 5.54 Å². The lowest BCUT2D eigenvalue weighted by atomic mass is 9.54. The summed E-state index contributed by atoms with van der Waals surface area (Å²) >= 11 is 0. The van der Waals surface area contributed by atoms with Crippen LogP contribution in [-0.4, -0.2) is 42.1 Å². The van der Waals surface area contributed by atoms with Gasteiger partial charge in [-0.2, -0.15) is 0 Å². The lowest BCUT2D eigenvalue weighted by Gasteiger charge is -2.58. The van der Waals surface area contributed by atoms with Gasteiger partial charge in [0.2, 0.25) is 5.91 Å². The van der Waals surface area contributed by atoms with E-state index in [0.29, 0.717) is 24.9 Å². The predicted octanol–water partition coefficient (Wildman–Crippen LogP) is 3.86. The van der Waals surface area contributed by atoms with E-state index >= 15 is 0 Å². The Morgan fingerprint density at radius 3 is 1.96 bits per heavy atom. The number of amides is 1. The molecule has 0 saturated heterocycles. The second kappa shape index (κ2) is 9.40. The topological polar surface area (TPSA) is 55.6 Å². The van der Waals surface area contributed by atoms with E-state index in [1.54, 1.807) is 0 Å². The van der Waals surface area contributed by atoms with Crippen LogP contribution in [0.4, 0.5) is 0 Å². The molecule has 0 radical (unpaired) electrons. The van der Waals surface area contributed by atoms with Crippen LogP contribution in [0.25, 0.3) is 0 Å². The van der Waals surface area contributed by atoms with Crippen LogP contribution in [-0.2, 0) is 9.53 Å². The van der Waals surface area contributed by atoms with E-state index in [1.807, 2.05) is 11.8 Å². The molecule has 2 atom stereocenters. The van der Waals surface area contributed by atoms with Crippen molar-refractivity contribution in [3.63, 3.8) is 0 Å². The maximum atomic E-state index is 13.2. The van der Waals surface area contributed by atoms with Crippen LogP contribution >= 0.6 is 12.4 Å². The largest absolute Gasteiger partial charge is 0.378 e. The van der Waals surface area contributed by atoms with E-state index < -0.39 is 5.54 Å². The molecule has 0 aromatic carbocycles. The van der Waals surface area contributed by atoms with Crippen LogP contribution in [0.1, 0.15) is 67.7 Å². The fourth-order valence-electron chi connectivity index (χ4n) is 3.22. The third kappa shape index (κ3) is 5.09. The summed E-state index contributed by atoms with van der Waals surface area (Å²) in [5.74, 6) is 1.28. The van der Waals surface area contributed by atoms with Crippen LogP contribution in [0.3, 0.4) is 0 Å². The minimum Gasteiger partial charge on any atom is -0.378 e. The molecule has 5 heteroatoms. The normalized spacial score (nSPS) is 25.3. The summed E-state index contributed by atoms with van der Waals surface area (Å²) in [6.07, 6.45) is 2.76. The second-order valence-corrected chi connectivity index (χ2v) is 8.50. The molecule has 144 valence electrons. The first-order valence-electron chi connectivity index (χ1n) is 9.26. The van der Waals surface area contributed by atoms with Crippen molar-refractivity contribution >= 4 is 18.3 Å². The van der Waals surface area contributed by atoms with Gasteiger partial charge in [0.25, 0.3) is 0 Å². The molecule has 0 heterocycles. The second-order valence-electron chi connectivity index (χ2n) is 8.50. The molecule has 2 N–H and O–H groups in total. The number of hydrogen-bond donors (Lipinski definition) is 1.